The van der Waals surface area contributed by atoms with Gasteiger partial charge in [0.25, 0.3) is 0 Å². The number of aromatic nitrogens is 3. The fourth-order valence-corrected chi connectivity index (χ4v) is 4.41. The second kappa shape index (κ2) is 10.1. The molecule has 0 fully saturated rings. The summed E-state index contributed by atoms with van der Waals surface area (Å²) >= 11 is 0. The Hall–Kier alpha value is -2.02. The van der Waals surface area contributed by atoms with Gasteiger partial charge in [0.05, 0.1) is 37.2 Å². The van der Waals surface area contributed by atoms with Gasteiger partial charge < -0.3 is 13.8 Å². The third-order valence-electron chi connectivity index (χ3n) is 4.06. The molecule has 8 nitrogen and oxygen atoms in total. The molecule has 0 aliphatic heterocycles. The average Bonchev–Trinajstić information content (AvgIpc) is 3.11. The molecule has 0 aliphatic rings. The van der Waals surface area contributed by atoms with Crippen LogP contribution in [0.4, 0.5) is 0 Å². The normalized spacial score (nSPS) is 13.3. The summed E-state index contributed by atoms with van der Waals surface area (Å²) in [6.45, 7) is 10.2. The lowest BCUT2D eigenvalue weighted by Gasteiger charge is -2.23. The SMILES string of the molecule is CCOP(=O)(CC(Cn1cc(C(C)(C)C)nn1)OC(=O)c1ccccc1)OCC. The van der Waals surface area contributed by atoms with E-state index in [-0.39, 0.29) is 31.3 Å². The van der Waals surface area contributed by atoms with E-state index in [9.17, 15) is 9.36 Å². The molecule has 1 aromatic carbocycles. The van der Waals surface area contributed by atoms with Gasteiger partial charge in [-0.3, -0.25) is 4.57 Å². The van der Waals surface area contributed by atoms with E-state index >= 15 is 0 Å². The van der Waals surface area contributed by atoms with Gasteiger partial charge >= 0.3 is 13.6 Å². The topological polar surface area (TPSA) is 92.5 Å². The Kier molecular flexibility index (Phi) is 8.14. The molecule has 0 saturated carbocycles. The monoisotopic (exact) mass is 423 g/mol. The third-order valence-corrected chi connectivity index (χ3v) is 6.22. The first-order valence-corrected chi connectivity index (χ1v) is 11.4. The van der Waals surface area contributed by atoms with Crippen molar-refractivity contribution in [2.75, 3.05) is 19.4 Å². The number of nitrogens with zero attached hydrogens (tertiary/aromatic N) is 3. The van der Waals surface area contributed by atoms with Crippen LogP contribution in [0.5, 0.6) is 0 Å². The predicted octanol–water partition coefficient (Wildman–Crippen LogP) is 4.07. The zero-order chi connectivity index (χ0) is 21.5. The van der Waals surface area contributed by atoms with Crippen LogP contribution in [-0.4, -0.2) is 46.4 Å². The average molecular weight is 423 g/mol. The highest BCUT2D eigenvalue weighted by molar-refractivity contribution is 7.53. The van der Waals surface area contributed by atoms with Crippen molar-refractivity contribution in [2.45, 2.75) is 52.7 Å². The van der Waals surface area contributed by atoms with Gasteiger partial charge in [-0.25, -0.2) is 9.48 Å². The molecule has 2 rings (SSSR count). The van der Waals surface area contributed by atoms with Gasteiger partial charge in [-0.15, -0.1) is 5.10 Å². The molecule has 1 aromatic heterocycles. The minimum Gasteiger partial charge on any atom is -0.456 e. The van der Waals surface area contributed by atoms with Crippen LogP contribution in [-0.2, 0) is 30.3 Å². The maximum atomic E-state index is 13.0. The molecular weight excluding hydrogens is 393 g/mol. The van der Waals surface area contributed by atoms with Crippen LogP contribution in [0.1, 0.15) is 50.7 Å². The molecule has 0 saturated heterocycles. The smallest absolute Gasteiger partial charge is 0.338 e. The number of benzene rings is 1. The summed E-state index contributed by atoms with van der Waals surface area (Å²) in [6, 6.07) is 8.65. The summed E-state index contributed by atoms with van der Waals surface area (Å²) < 4.78 is 31.0. The Morgan fingerprint density at radius 2 is 1.76 bits per heavy atom. The first kappa shape index (κ1) is 23.3. The molecular formula is C20H30N3O5P. The summed E-state index contributed by atoms with van der Waals surface area (Å²) in [5, 5.41) is 8.32. The van der Waals surface area contributed by atoms with Gasteiger partial charge in [-0.1, -0.05) is 44.2 Å². The predicted molar refractivity (Wildman–Crippen MR) is 110 cm³/mol. The Morgan fingerprint density at radius 1 is 1.14 bits per heavy atom. The Balaban J connectivity index is 2.23. The van der Waals surface area contributed by atoms with Crippen molar-refractivity contribution in [1.82, 2.24) is 15.0 Å². The third kappa shape index (κ3) is 7.07. The van der Waals surface area contributed by atoms with Gasteiger partial charge in [0.15, 0.2) is 0 Å². The van der Waals surface area contributed by atoms with Crippen molar-refractivity contribution in [3.05, 3.63) is 47.8 Å². The molecule has 0 aliphatic carbocycles. The lowest BCUT2D eigenvalue weighted by Crippen LogP contribution is -2.28. The molecule has 2 aromatic rings. The number of hydrogen-bond donors (Lipinski definition) is 0. The maximum absolute atomic E-state index is 13.0. The first-order valence-electron chi connectivity index (χ1n) is 9.71. The van der Waals surface area contributed by atoms with E-state index in [0.29, 0.717) is 5.56 Å². The van der Waals surface area contributed by atoms with Gasteiger partial charge in [0.2, 0.25) is 0 Å². The highest BCUT2D eigenvalue weighted by Gasteiger charge is 2.32. The number of hydrogen-bond acceptors (Lipinski definition) is 7. The van der Waals surface area contributed by atoms with E-state index in [2.05, 4.69) is 10.3 Å². The van der Waals surface area contributed by atoms with Crippen molar-refractivity contribution in [3.63, 3.8) is 0 Å². The summed E-state index contributed by atoms with van der Waals surface area (Å²) in [4.78, 5) is 12.6. The second-order valence-corrected chi connectivity index (χ2v) is 9.70. The van der Waals surface area contributed by atoms with Crippen LogP contribution in [0, 0.1) is 0 Å². The van der Waals surface area contributed by atoms with Gasteiger partial charge in [-0.05, 0) is 26.0 Å². The van der Waals surface area contributed by atoms with Crippen molar-refractivity contribution < 1.29 is 23.1 Å². The van der Waals surface area contributed by atoms with Gasteiger partial charge in [0.1, 0.15) is 6.10 Å². The minimum atomic E-state index is -3.42. The van der Waals surface area contributed by atoms with E-state index < -0.39 is 19.7 Å². The molecule has 0 bridgehead atoms. The molecule has 1 unspecified atom stereocenters. The van der Waals surface area contributed by atoms with E-state index in [1.807, 2.05) is 26.8 Å². The van der Waals surface area contributed by atoms with Crippen LogP contribution in [0.2, 0.25) is 0 Å². The summed E-state index contributed by atoms with van der Waals surface area (Å²) in [6.07, 6.45) is 0.967. The molecule has 160 valence electrons. The van der Waals surface area contributed by atoms with E-state index in [1.54, 1.807) is 49.0 Å². The fraction of sp³-hybridized carbons (Fsp3) is 0.550. The van der Waals surface area contributed by atoms with Crippen molar-refractivity contribution in [3.8, 4) is 0 Å². The molecule has 0 amide bonds. The van der Waals surface area contributed by atoms with E-state index in [0.717, 1.165) is 5.69 Å². The largest absolute Gasteiger partial charge is 0.456 e. The van der Waals surface area contributed by atoms with Crippen LogP contribution < -0.4 is 0 Å². The minimum absolute atomic E-state index is 0.0715. The number of ether oxygens (including phenoxy) is 1. The maximum Gasteiger partial charge on any atom is 0.338 e. The first-order chi connectivity index (χ1) is 13.7. The Labute approximate surface area is 172 Å². The number of carbonyl (C=O) groups excluding carboxylic acids is 1. The Morgan fingerprint density at radius 3 is 2.28 bits per heavy atom. The quantitative estimate of drug-likeness (QED) is 0.420. The van der Waals surface area contributed by atoms with Crippen molar-refractivity contribution in [1.29, 1.82) is 0 Å². The number of esters is 1. The van der Waals surface area contributed by atoms with Crippen LogP contribution in [0.25, 0.3) is 0 Å². The molecule has 1 heterocycles. The van der Waals surface area contributed by atoms with Crippen LogP contribution in [0.15, 0.2) is 36.5 Å². The highest BCUT2D eigenvalue weighted by atomic mass is 31.2. The second-order valence-electron chi connectivity index (χ2n) is 7.60. The zero-order valence-electron chi connectivity index (χ0n) is 17.7. The van der Waals surface area contributed by atoms with Crippen LogP contribution in [0.3, 0.4) is 0 Å². The lowest BCUT2D eigenvalue weighted by molar-refractivity contribution is 0.0289. The summed E-state index contributed by atoms with van der Waals surface area (Å²) in [5.41, 5.74) is 1.05. The molecule has 1 atom stereocenters. The van der Waals surface area contributed by atoms with Crippen molar-refractivity contribution >= 4 is 13.6 Å². The Bertz CT molecular complexity index is 822. The fourth-order valence-electron chi connectivity index (χ4n) is 2.65. The van der Waals surface area contributed by atoms with Crippen LogP contribution >= 0.6 is 7.60 Å². The lowest BCUT2D eigenvalue weighted by atomic mass is 9.93. The zero-order valence-corrected chi connectivity index (χ0v) is 18.6. The molecule has 0 spiro atoms. The molecule has 9 heteroatoms. The van der Waals surface area contributed by atoms with Gasteiger partial charge in [-0.2, -0.15) is 0 Å². The molecule has 0 radical (unpaired) electrons. The van der Waals surface area contributed by atoms with E-state index in [1.165, 1.54) is 0 Å². The highest BCUT2D eigenvalue weighted by Crippen LogP contribution is 2.49. The van der Waals surface area contributed by atoms with Gasteiger partial charge in [0, 0.05) is 11.6 Å². The standard InChI is InChI=1S/C20H30N3O5P/c1-6-26-29(25,27-7-2)15-17(28-19(24)16-11-9-8-10-12-16)13-23-14-18(21-22-23)20(3,4)5/h8-12,14,17H,6-7,13,15H2,1-5H3. The molecule has 0 N–H and O–H groups in total. The van der Waals surface area contributed by atoms with E-state index in [4.69, 9.17) is 13.8 Å². The van der Waals surface area contributed by atoms with Crippen molar-refractivity contribution in [2.24, 2.45) is 0 Å². The molecule has 29 heavy (non-hydrogen) atoms. The number of rotatable bonds is 10. The summed E-state index contributed by atoms with van der Waals surface area (Å²) in [7, 11) is -3.42. The summed E-state index contributed by atoms with van der Waals surface area (Å²) in [5.74, 6) is -0.508. The number of carbonyl (C=O) groups is 1.